The number of nitrogens with zero attached hydrogens (tertiary/aromatic N) is 1. The van der Waals surface area contributed by atoms with Gasteiger partial charge in [0.15, 0.2) is 0 Å². The molecule has 2 aliphatic heterocycles. The molecule has 0 saturated carbocycles. The van der Waals surface area contributed by atoms with E-state index >= 15 is 0 Å². The average molecular weight is 302 g/mol. The predicted octanol–water partition coefficient (Wildman–Crippen LogP) is 2.10. The lowest BCUT2D eigenvalue weighted by atomic mass is 9.96. The summed E-state index contributed by atoms with van der Waals surface area (Å²) in [6.07, 6.45) is 4.31. The minimum atomic E-state index is -0.482. The van der Waals surface area contributed by atoms with E-state index in [0.717, 1.165) is 50.9 Å². The van der Waals surface area contributed by atoms with Crippen LogP contribution in [-0.4, -0.2) is 41.6 Å². The second kappa shape index (κ2) is 7.25. The molecule has 2 heterocycles. The first-order valence-corrected chi connectivity index (χ1v) is 8.50. The number of hydrogen-bond donors (Lipinski definition) is 2. The molecule has 0 unspecified atom stereocenters. The van der Waals surface area contributed by atoms with E-state index in [4.69, 9.17) is 0 Å². The topological polar surface area (TPSA) is 52.6 Å². The van der Waals surface area contributed by atoms with Crippen molar-refractivity contribution in [3.05, 3.63) is 35.9 Å². The molecule has 2 fully saturated rings. The molecular weight excluding hydrogens is 276 g/mol. The monoisotopic (exact) mass is 302 g/mol. The number of piperidine rings is 1. The van der Waals surface area contributed by atoms with Gasteiger partial charge in [0.25, 0.3) is 0 Å². The summed E-state index contributed by atoms with van der Waals surface area (Å²) in [7, 11) is 0. The van der Waals surface area contributed by atoms with E-state index in [9.17, 15) is 9.90 Å². The summed E-state index contributed by atoms with van der Waals surface area (Å²) < 4.78 is 0. The molecule has 0 radical (unpaired) electrons. The Kier molecular flexibility index (Phi) is 5.11. The van der Waals surface area contributed by atoms with Crippen LogP contribution in [0.1, 0.15) is 43.8 Å². The maximum absolute atomic E-state index is 12.7. The van der Waals surface area contributed by atoms with Crippen LogP contribution in [0.3, 0.4) is 0 Å². The SMILES string of the molecule is O=C([C@@H]1CCCNC1)N1CCC[C@@H]1C[C@H](O)c1ccccc1. The van der Waals surface area contributed by atoms with Crippen LogP contribution in [0.25, 0.3) is 0 Å². The van der Waals surface area contributed by atoms with Gasteiger partial charge in [0.2, 0.25) is 5.91 Å². The summed E-state index contributed by atoms with van der Waals surface area (Å²) in [4.78, 5) is 14.8. The maximum Gasteiger partial charge on any atom is 0.227 e. The lowest BCUT2D eigenvalue weighted by molar-refractivity contribution is -0.137. The van der Waals surface area contributed by atoms with Crippen molar-refractivity contribution in [1.29, 1.82) is 0 Å². The van der Waals surface area contributed by atoms with Gasteiger partial charge in [-0.15, -0.1) is 0 Å². The van der Waals surface area contributed by atoms with Crippen molar-refractivity contribution in [2.24, 2.45) is 5.92 Å². The first-order valence-electron chi connectivity index (χ1n) is 8.50. The molecule has 4 nitrogen and oxygen atoms in total. The predicted molar refractivity (Wildman–Crippen MR) is 86.3 cm³/mol. The van der Waals surface area contributed by atoms with E-state index in [1.165, 1.54) is 0 Å². The Morgan fingerprint density at radius 2 is 2.09 bits per heavy atom. The lowest BCUT2D eigenvalue weighted by Gasteiger charge is -2.32. The van der Waals surface area contributed by atoms with Crippen LogP contribution in [0.15, 0.2) is 30.3 Å². The number of amides is 1. The third-order valence-electron chi connectivity index (χ3n) is 4.99. The molecule has 3 atom stereocenters. The fourth-order valence-electron chi connectivity index (χ4n) is 3.74. The summed E-state index contributed by atoms with van der Waals surface area (Å²) in [5.74, 6) is 0.415. The van der Waals surface area contributed by atoms with E-state index in [0.29, 0.717) is 6.42 Å². The number of aliphatic hydroxyl groups is 1. The first kappa shape index (κ1) is 15.5. The molecule has 1 aromatic carbocycles. The zero-order valence-electron chi connectivity index (χ0n) is 13.1. The summed E-state index contributed by atoms with van der Waals surface area (Å²) in [5.41, 5.74) is 0.945. The van der Waals surface area contributed by atoms with Gasteiger partial charge in [-0.1, -0.05) is 30.3 Å². The molecule has 1 aromatic rings. The van der Waals surface area contributed by atoms with Crippen molar-refractivity contribution in [3.63, 3.8) is 0 Å². The highest BCUT2D eigenvalue weighted by Crippen LogP contribution is 2.29. The molecule has 0 bridgehead atoms. The smallest absolute Gasteiger partial charge is 0.227 e. The third kappa shape index (κ3) is 3.50. The highest BCUT2D eigenvalue weighted by Gasteiger charge is 2.34. The van der Waals surface area contributed by atoms with Gasteiger partial charge in [-0.25, -0.2) is 0 Å². The van der Waals surface area contributed by atoms with Crippen molar-refractivity contribution in [2.75, 3.05) is 19.6 Å². The molecule has 2 saturated heterocycles. The number of nitrogens with one attached hydrogen (secondary N) is 1. The van der Waals surface area contributed by atoms with E-state index in [1.807, 2.05) is 35.2 Å². The number of likely N-dealkylation sites (tertiary alicyclic amines) is 1. The van der Waals surface area contributed by atoms with Crippen LogP contribution in [0.5, 0.6) is 0 Å². The standard InChI is InChI=1S/C18H26N2O2/c21-17(14-6-2-1-3-7-14)12-16-9-5-11-20(16)18(22)15-8-4-10-19-13-15/h1-3,6-7,15-17,19,21H,4-5,8-13H2/t15-,16-,17+/m1/s1. The van der Waals surface area contributed by atoms with E-state index in [2.05, 4.69) is 5.32 Å². The summed E-state index contributed by atoms with van der Waals surface area (Å²) in [6.45, 7) is 2.69. The zero-order chi connectivity index (χ0) is 15.4. The third-order valence-corrected chi connectivity index (χ3v) is 4.99. The van der Waals surface area contributed by atoms with Crippen LogP contribution in [0.2, 0.25) is 0 Å². The number of hydrogen-bond acceptors (Lipinski definition) is 3. The van der Waals surface area contributed by atoms with Crippen LogP contribution >= 0.6 is 0 Å². The Balaban J connectivity index is 1.61. The molecule has 2 N–H and O–H groups in total. The van der Waals surface area contributed by atoms with Crippen molar-refractivity contribution in [2.45, 2.75) is 44.2 Å². The van der Waals surface area contributed by atoms with Gasteiger partial charge < -0.3 is 15.3 Å². The zero-order valence-corrected chi connectivity index (χ0v) is 13.1. The van der Waals surface area contributed by atoms with Gasteiger partial charge in [0, 0.05) is 19.1 Å². The minimum Gasteiger partial charge on any atom is -0.388 e. The largest absolute Gasteiger partial charge is 0.388 e. The number of benzene rings is 1. The van der Waals surface area contributed by atoms with Crippen molar-refractivity contribution >= 4 is 5.91 Å². The number of aliphatic hydroxyl groups excluding tert-OH is 1. The van der Waals surface area contributed by atoms with E-state index < -0.39 is 6.10 Å². The van der Waals surface area contributed by atoms with Crippen LogP contribution in [-0.2, 0) is 4.79 Å². The molecule has 2 aliphatic rings. The van der Waals surface area contributed by atoms with Gasteiger partial charge >= 0.3 is 0 Å². The van der Waals surface area contributed by atoms with Crippen molar-refractivity contribution < 1.29 is 9.90 Å². The first-order chi connectivity index (χ1) is 10.8. The maximum atomic E-state index is 12.7. The molecular formula is C18H26N2O2. The van der Waals surface area contributed by atoms with Crippen molar-refractivity contribution in [3.8, 4) is 0 Å². The highest BCUT2D eigenvalue weighted by atomic mass is 16.3. The Bertz CT molecular complexity index is 485. The number of rotatable bonds is 4. The van der Waals surface area contributed by atoms with Crippen LogP contribution < -0.4 is 5.32 Å². The Hall–Kier alpha value is -1.39. The molecule has 0 aromatic heterocycles. The fourth-order valence-corrected chi connectivity index (χ4v) is 3.74. The van der Waals surface area contributed by atoms with Gasteiger partial charge in [0.1, 0.15) is 0 Å². The second-order valence-electron chi connectivity index (χ2n) is 6.53. The van der Waals surface area contributed by atoms with E-state index in [1.54, 1.807) is 0 Å². The van der Waals surface area contributed by atoms with Gasteiger partial charge in [-0.05, 0) is 44.2 Å². The van der Waals surface area contributed by atoms with Gasteiger partial charge in [-0.3, -0.25) is 4.79 Å². The minimum absolute atomic E-state index is 0.128. The Labute approximate surface area is 132 Å². The lowest BCUT2D eigenvalue weighted by Crippen LogP contribution is -2.45. The molecule has 3 rings (SSSR count). The summed E-state index contributed by atoms with van der Waals surface area (Å²) >= 11 is 0. The summed E-state index contributed by atoms with van der Waals surface area (Å²) in [5, 5.41) is 13.8. The molecule has 120 valence electrons. The molecule has 1 amide bonds. The number of carbonyl (C=O) groups excluding carboxylic acids is 1. The molecule has 0 aliphatic carbocycles. The fraction of sp³-hybridized carbons (Fsp3) is 0.611. The number of carbonyl (C=O) groups is 1. The quantitative estimate of drug-likeness (QED) is 0.895. The normalized spacial score (nSPS) is 26.9. The molecule has 22 heavy (non-hydrogen) atoms. The highest BCUT2D eigenvalue weighted by molar-refractivity contribution is 5.79. The van der Waals surface area contributed by atoms with Crippen molar-refractivity contribution in [1.82, 2.24) is 10.2 Å². The summed E-state index contributed by atoms with van der Waals surface area (Å²) in [6, 6.07) is 9.95. The molecule has 0 spiro atoms. The second-order valence-corrected chi connectivity index (χ2v) is 6.53. The van der Waals surface area contributed by atoms with Gasteiger partial charge in [0.05, 0.1) is 12.0 Å². The van der Waals surface area contributed by atoms with Crippen LogP contribution in [0, 0.1) is 5.92 Å². The Morgan fingerprint density at radius 3 is 2.82 bits per heavy atom. The van der Waals surface area contributed by atoms with Gasteiger partial charge in [-0.2, -0.15) is 0 Å². The van der Waals surface area contributed by atoms with Crippen LogP contribution in [0.4, 0.5) is 0 Å². The Morgan fingerprint density at radius 1 is 1.27 bits per heavy atom. The average Bonchev–Trinajstić information content (AvgIpc) is 3.04. The molecule has 4 heteroatoms. The van der Waals surface area contributed by atoms with E-state index in [-0.39, 0.29) is 17.9 Å².